The van der Waals surface area contributed by atoms with E-state index in [2.05, 4.69) is 41.7 Å². The number of rotatable bonds is 6. The van der Waals surface area contributed by atoms with Crippen LogP contribution in [0.3, 0.4) is 0 Å². The molecule has 1 saturated heterocycles. The monoisotopic (exact) mass is 493 g/mol. The molecule has 10 heteroatoms. The predicted octanol–water partition coefficient (Wildman–Crippen LogP) is 1.08. The van der Waals surface area contributed by atoms with Gasteiger partial charge in [-0.25, -0.2) is 9.98 Å². The van der Waals surface area contributed by atoms with E-state index in [1.54, 1.807) is 0 Å². The van der Waals surface area contributed by atoms with Crippen LogP contribution in [0.5, 0.6) is 0 Å². The third kappa shape index (κ3) is 5.93. The molecule has 0 atom stereocenters. The summed E-state index contributed by atoms with van der Waals surface area (Å²) in [5.41, 5.74) is 0. The fourth-order valence-electron chi connectivity index (χ4n) is 2.70. The van der Waals surface area contributed by atoms with E-state index in [4.69, 9.17) is 0 Å². The van der Waals surface area contributed by atoms with Crippen LogP contribution in [0, 0.1) is 0 Å². The lowest BCUT2D eigenvalue weighted by Gasteiger charge is -2.36. The first-order chi connectivity index (χ1) is 12.2. The summed E-state index contributed by atoms with van der Waals surface area (Å²) in [6.07, 6.45) is 3.07. The molecule has 26 heavy (non-hydrogen) atoms. The molecular formula is C16H28IN7OS. The maximum atomic E-state index is 11.9. The molecule has 1 saturated carbocycles. The van der Waals surface area contributed by atoms with Crippen LogP contribution >= 0.6 is 35.5 Å². The van der Waals surface area contributed by atoms with Gasteiger partial charge in [-0.2, -0.15) is 4.37 Å². The number of halogens is 1. The molecule has 3 rings (SSSR count). The van der Waals surface area contributed by atoms with Crippen molar-refractivity contribution in [1.29, 1.82) is 0 Å². The van der Waals surface area contributed by atoms with Crippen LogP contribution in [0.1, 0.15) is 32.5 Å². The normalized spacial score (nSPS) is 17.7. The number of carbonyl (C=O) groups is 1. The van der Waals surface area contributed by atoms with Crippen molar-refractivity contribution in [3.8, 4) is 0 Å². The van der Waals surface area contributed by atoms with E-state index >= 15 is 0 Å². The van der Waals surface area contributed by atoms with Crippen LogP contribution in [0.2, 0.25) is 0 Å². The Bertz CT molecular complexity index is 611. The number of aliphatic imine (C=N–C) groups is 1. The van der Waals surface area contributed by atoms with Gasteiger partial charge in [0.25, 0.3) is 0 Å². The topological polar surface area (TPSA) is 85.8 Å². The van der Waals surface area contributed by atoms with Gasteiger partial charge in [-0.15, -0.1) is 24.0 Å². The molecule has 2 aliphatic rings. The van der Waals surface area contributed by atoms with E-state index in [-0.39, 0.29) is 36.4 Å². The Morgan fingerprint density at radius 3 is 2.58 bits per heavy atom. The molecule has 1 aromatic rings. The Kier molecular flexibility index (Phi) is 8.32. The van der Waals surface area contributed by atoms with Gasteiger partial charge in [0.2, 0.25) is 11.0 Å². The lowest BCUT2D eigenvalue weighted by molar-refractivity contribution is -0.119. The van der Waals surface area contributed by atoms with Gasteiger partial charge in [-0.05, 0) is 19.8 Å². The Balaban J connectivity index is 0.00000243. The third-order valence-electron chi connectivity index (χ3n) is 4.27. The number of anilines is 1. The van der Waals surface area contributed by atoms with Gasteiger partial charge in [0, 0.05) is 56.7 Å². The second kappa shape index (κ2) is 10.2. The molecule has 0 spiro atoms. The number of amides is 1. The van der Waals surface area contributed by atoms with E-state index < -0.39 is 0 Å². The minimum atomic E-state index is 0. The number of carbonyl (C=O) groups excluding carboxylic acids is 1. The molecule has 2 heterocycles. The summed E-state index contributed by atoms with van der Waals surface area (Å²) in [5.74, 6) is 1.75. The molecule has 0 bridgehead atoms. The summed E-state index contributed by atoms with van der Waals surface area (Å²) in [5, 5.41) is 7.27. The number of hydrogen-bond acceptors (Lipinski definition) is 6. The highest BCUT2D eigenvalue weighted by Crippen LogP contribution is 2.19. The number of aryl methyl sites for hydroxylation is 1. The molecule has 146 valence electrons. The molecule has 1 aromatic heterocycles. The Morgan fingerprint density at radius 1 is 1.27 bits per heavy atom. The van der Waals surface area contributed by atoms with Crippen LogP contribution < -0.4 is 15.5 Å². The predicted molar refractivity (Wildman–Crippen MR) is 116 cm³/mol. The van der Waals surface area contributed by atoms with E-state index in [0.717, 1.165) is 68.9 Å². The number of nitrogens with one attached hydrogen (secondary N) is 2. The highest BCUT2D eigenvalue weighted by atomic mass is 127. The third-order valence-corrected chi connectivity index (χ3v) is 5.09. The summed E-state index contributed by atoms with van der Waals surface area (Å²) in [7, 11) is 0. The van der Waals surface area contributed by atoms with Crippen molar-refractivity contribution in [3.05, 3.63) is 5.82 Å². The summed E-state index contributed by atoms with van der Waals surface area (Å²) >= 11 is 1.47. The highest BCUT2D eigenvalue weighted by molar-refractivity contribution is 14.0. The smallest absolute Gasteiger partial charge is 0.242 e. The standard InChI is InChI=1S/C16H27N7OS.HI/c1-3-13-20-16(25-21-13)23-9-7-22(8-10-23)15(17-4-2)18-11-14(24)19-12-5-6-12;/h12H,3-11H2,1-2H3,(H,17,18)(H,19,24);1H. The summed E-state index contributed by atoms with van der Waals surface area (Å²) in [4.78, 5) is 25.4. The minimum Gasteiger partial charge on any atom is -0.357 e. The summed E-state index contributed by atoms with van der Waals surface area (Å²) in [6, 6.07) is 0.383. The van der Waals surface area contributed by atoms with E-state index in [0.29, 0.717) is 6.04 Å². The van der Waals surface area contributed by atoms with Gasteiger partial charge in [0.05, 0.1) is 0 Å². The quantitative estimate of drug-likeness (QED) is 0.351. The molecule has 1 aliphatic heterocycles. The zero-order valence-electron chi connectivity index (χ0n) is 15.4. The number of nitrogens with zero attached hydrogens (tertiary/aromatic N) is 5. The van der Waals surface area contributed by atoms with Crippen LogP contribution in [-0.2, 0) is 11.2 Å². The lowest BCUT2D eigenvalue weighted by atomic mass is 10.3. The maximum absolute atomic E-state index is 11.9. The second-order valence-electron chi connectivity index (χ2n) is 6.33. The first-order valence-corrected chi connectivity index (χ1v) is 9.87. The molecule has 2 N–H and O–H groups in total. The average molecular weight is 493 g/mol. The summed E-state index contributed by atoms with van der Waals surface area (Å²) in [6.45, 7) is 8.59. The van der Waals surface area contributed by atoms with Crippen molar-refractivity contribution in [2.45, 2.75) is 39.2 Å². The molecule has 0 radical (unpaired) electrons. The first kappa shape index (κ1) is 21.1. The number of guanidine groups is 1. The van der Waals surface area contributed by atoms with Gasteiger partial charge in [-0.3, -0.25) is 4.79 Å². The van der Waals surface area contributed by atoms with E-state index in [1.807, 2.05) is 6.92 Å². The Labute approximate surface area is 176 Å². The number of aromatic nitrogens is 2. The fraction of sp³-hybridized carbons (Fsp3) is 0.750. The zero-order chi connectivity index (χ0) is 17.6. The van der Waals surface area contributed by atoms with Crippen molar-refractivity contribution in [3.63, 3.8) is 0 Å². The molecule has 1 amide bonds. The van der Waals surface area contributed by atoms with E-state index in [9.17, 15) is 4.79 Å². The van der Waals surface area contributed by atoms with Gasteiger partial charge in [0.15, 0.2) is 5.96 Å². The lowest BCUT2D eigenvalue weighted by Crippen LogP contribution is -2.52. The van der Waals surface area contributed by atoms with Crippen molar-refractivity contribution in [2.75, 3.05) is 44.2 Å². The number of hydrogen-bond donors (Lipinski definition) is 2. The summed E-state index contributed by atoms with van der Waals surface area (Å²) < 4.78 is 4.37. The van der Waals surface area contributed by atoms with Gasteiger partial charge in [0.1, 0.15) is 12.4 Å². The van der Waals surface area contributed by atoms with Crippen LogP contribution in [-0.4, -0.2) is 71.4 Å². The molecular weight excluding hydrogens is 465 g/mol. The van der Waals surface area contributed by atoms with Crippen molar-refractivity contribution in [2.24, 2.45) is 4.99 Å². The Morgan fingerprint density at radius 2 is 2.00 bits per heavy atom. The van der Waals surface area contributed by atoms with Gasteiger partial charge in [-0.1, -0.05) is 6.92 Å². The van der Waals surface area contributed by atoms with Gasteiger partial charge < -0.3 is 20.4 Å². The van der Waals surface area contributed by atoms with Crippen molar-refractivity contribution in [1.82, 2.24) is 24.9 Å². The van der Waals surface area contributed by atoms with Crippen LogP contribution in [0.25, 0.3) is 0 Å². The average Bonchev–Trinajstić information content (AvgIpc) is 3.31. The first-order valence-electron chi connectivity index (χ1n) is 9.09. The second-order valence-corrected chi connectivity index (χ2v) is 7.06. The fourth-order valence-corrected chi connectivity index (χ4v) is 3.50. The SMILES string of the molecule is CCNC(=NCC(=O)NC1CC1)N1CCN(c2nc(CC)ns2)CC1.I. The van der Waals surface area contributed by atoms with Crippen LogP contribution in [0.4, 0.5) is 5.13 Å². The molecule has 2 fully saturated rings. The Hall–Kier alpha value is -1.17. The van der Waals surface area contributed by atoms with Crippen molar-refractivity contribution >= 4 is 52.5 Å². The molecule has 8 nitrogen and oxygen atoms in total. The molecule has 0 aromatic carbocycles. The molecule has 0 unspecified atom stereocenters. The highest BCUT2D eigenvalue weighted by Gasteiger charge is 2.24. The van der Waals surface area contributed by atoms with Gasteiger partial charge >= 0.3 is 0 Å². The molecule has 1 aliphatic carbocycles. The number of piperazine rings is 1. The maximum Gasteiger partial charge on any atom is 0.242 e. The van der Waals surface area contributed by atoms with E-state index in [1.165, 1.54) is 11.5 Å². The minimum absolute atomic E-state index is 0. The van der Waals surface area contributed by atoms with Crippen LogP contribution in [0.15, 0.2) is 4.99 Å². The largest absolute Gasteiger partial charge is 0.357 e. The zero-order valence-corrected chi connectivity index (χ0v) is 18.5. The van der Waals surface area contributed by atoms with Crippen molar-refractivity contribution < 1.29 is 4.79 Å².